The molecular formula is C21H22ClFN4O2S. The average Bonchev–Trinajstić information content (AvgIpc) is 3.09. The molecule has 1 amide bonds. The van der Waals surface area contributed by atoms with Gasteiger partial charge < -0.3 is 14.6 Å². The third-order valence-corrected chi connectivity index (χ3v) is 5.46. The van der Waals surface area contributed by atoms with Crippen LogP contribution >= 0.6 is 23.4 Å². The maximum absolute atomic E-state index is 13.2. The van der Waals surface area contributed by atoms with E-state index in [2.05, 4.69) is 21.6 Å². The van der Waals surface area contributed by atoms with Crippen LogP contribution in [0, 0.1) is 19.7 Å². The van der Waals surface area contributed by atoms with Gasteiger partial charge in [-0.2, -0.15) is 0 Å². The molecule has 3 aromatic rings. The summed E-state index contributed by atoms with van der Waals surface area (Å²) in [5.74, 6) is 0.817. The van der Waals surface area contributed by atoms with Gasteiger partial charge >= 0.3 is 0 Å². The standard InChI is InChI=1S/C21H22ClFN4O2S/c1-4-27-19(11-29-16-8-13(2)7-14(3)9-16)25-26-21(27)30-12-20(28)24-15-5-6-18(23)17(22)10-15/h5-10H,4,11-12H2,1-3H3,(H,24,28). The lowest BCUT2D eigenvalue weighted by molar-refractivity contribution is -0.113. The zero-order valence-electron chi connectivity index (χ0n) is 16.9. The smallest absolute Gasteiger partial charge is 0.234 e. The highest BCUT2D eigenvalue weighted by molar-refractivity contribution is 7.99. The third-order valence-electron chi connectivity index (χ3n) is 4.21. The van der Waals surface area contributed by atoms with E-state index < -0.39 is 5.82 Å². The number of rotatable bonds is 8. The van der Waals surface area contributed by atoms with Gasteiger partial charge in [0.25, 0.3) is 0 Å². The van der Waals surface area contributed by atoms with Crippen LogP contribution in [0.3, 0.4) is 0 Å². The molecule has 1 N–H and O–H groups in total. The molecule has 2 aromatic carbocycles. The summed E-state index contributed by atoms with van der Waals surface area (Å²) >= 11 is 7.01. The predicted octanol–water partition coefficient (Wildman–Crippen LogP) is 5.02. The van der Waals surface area contributed by atoms with Gasteiger partial charge in [-0.05, 0) is 62.2 Å². The molecule has 0 aliphatic carbocycles. The Morgan fingerprint density at radius 1 is 1.20 bits per heavy atom. The van der Waals surface area contributed by atoms with Crippen LogP contribution in [0.2, 0.25) is 5.02 Å². The Morgan fingerprint density at radius 2 is 1.93 bits per heavy atom. The van der Waals surface area contributed by atoms with Crippen LogP contribution in [0.4, 0.5) is 10.1 Å². The van der Waals surface area contributed by atoms with Crippen LogP contribution < -0.4 is 10.1 Å². The number of amides is 1. The number of halogens is 2. The van der Waals surface area contributed by atoms with E-state index in [4.69, 9.17) is 16.3 Å². The first-order chi connectivity index (χ1) is 14.4. The van der Waals surface area contributed by atoms with E-state index in [9.17, 15) is 9.18 Å². The molecule has 0 atom stereocenters. The molecule has 0 saturated heterocycles. The molecule has 0 saturated carbocycles. The molecule has 3 rings (SSSR count). The molecule has 0 spiro atoms. The third kappa shape index (κ3) is 5.73. The van der Waals surface area contributed by atoms with Crippen molar-refractivity contribution in [2.45, 2.75) is 39.1 Å². The first-order valence-electron chi connectivity index (χ1n) is 9.36. The van der Waals surface area contributed by atoms with Gasteiger partial charge in [0.1, 0.15) is 18.2 Å². The molecular weight excluding hydrogens is 427 g/mol. The predicted molar refractivity (Wildman–Crippen MR) is 117 cm³/mol. The number of ether oxygens (including phenoxy) is 1. The average molecular weight is 449 g/mol. The Labute approximate surface area is 183 Å². The number of anilines is 1. The Kier molecular flexibility index (Phi) is 7.33. The fraction of sp³-hybridized carbons (Fsp3) is 0.286. The van der Waals surface area contributed by atoms with Crippen LogP contribution in [0.15, 0.2) is 41.6 Å². The summed E-state index contributed by atoms with van der Waals surface area (Å²) in [6, 6.07) is 10.1. The van der Waals surface area contributed by atoms with Crippen molar-refractivity contribution in [2.24, 2.45) is 0 Å². The lowest BCUT2D eigenvalue weighted by Crippen LogP contribution is -2.15. The van der Waals surface area contributed by atoms with Crippen LogP contribution in [0.5, 0.6) is 5.75 Å². The number of carbonyl (C=O) groups excluding carboxylic acids is 1. The molecule has 0 fully saturated rings. The first-order valence-corrected chi connectivity index (χ1v) is 10.7. The number of aryl methyl sites for hydroxylation is 2. The maximum atomic E-state index is 13.2. The first kappa shape index (κ1) is 22.1. The molecule has 0 unspecified atom stereocenters. The van der Waals surface area contributed by atoms with Gasteiger partial charge in [0.15, 0.2) is 11.0 Å². The highest BCUT2D eigenvalue weighted by Gasteiger charge is 2.14. The van der Waals surface area contributed by atoms with Crippen molar-refractivity contribution >= 4 is 35.0 Å². The molecule has 158 valence electrons. The van der Waals surface area contributed by atoms with E-state index in [1.165, 1.54) is 30.0 Å². The van der Waals surface area contributed by atoms with Crippen molar-refractivity contribution < 1.29 is 13.9 Å². The summed E-state index contributed by atoms with van der Waals surface area (Å²) in [5.41, 5.74) is 2.70. The van der Waals surface area contributed by atoms with E-state index in [-0.39, 0.29) is 23.3 Å². The fourth-order valence-electron chi connectivity index (χ4n) is 2.92. The second-order valence-corrected chi connectivity index (χ2v) is 8.07. The normalized spacial score (nSPS) is 10.8. The minimum Gasteiger partial charge on any atom is -0.486 e. The zero-order chi connectivity index (χ0) is 21.7. The number of benzene rings is 2. The number of nitrogens with one attached hydrogen (secondary N) is 1. The topological polar surface area (TPSA) is 69.0 Å². The van der Waals surface area contributed by atoms with E-state index in [1.54, 1.807) is 0 Å². The molecule has 0 aliphatic heterocycles. The Balaban J connectivity index is 1.59. The zero-order valence-corrected chi connectivity index (χ0v) is 18.5. The summed E-state index contributed by atoms with van der Waals surface area (Å²) in [6.45, 7) is 6.96. The highest BCUT2D eigenvalue weighted by Crippen LogP contribution is 2.22. The van der Waals surface area contributed by atoms with Gasteiger partial charge in [0.2, 0.25) is 5.91 Å². The van der Waals surface area contributed by atoms with Crippen molar-refractivity contribution in [2.75, 3.05) is 11.1 Å². The largest absolute Gasteiger partial charge is 0.486 e. The van der Waals surface area contributed by atoms with Gasteiger partial charge in [-0.25, -0.2) is 4.39 Å². The van der Waals surface area contributed by atoms with Gasteiger partial charge in [0.05, 0.1) is 10.8 Å². The Hall–Kier alpha value is -2.58. The fourth-order valence-corrected chi connectivity index (χ4v) is 3.92. The monoisotopic (exact) mass is 448 g/mol. The number of hydrogen-bond acceptors (Lipinski definition) is 5. The van der Waals surface area contributed by atoms with E-state index >= 15 is 0 Å². The van der Waals surface area contributed by atoms with Gasteiger partial charge in [-0.15, -0.1) is 10.2 Å². The summed E-state index contributed by atoms with van der Waals surface area (Å²) in [5, 5.41) is 11.7. The maximum Gasteiger partial charge on any atom is 0.234 e. The molecule has 9 heteroatoms. The molecule has 0 aliphatic rings. The van der Waals surface area contributed by atoms with Crippen molar-refractivity contribution in [3.63, 3.8) is 0 Å². The number of hydrogen-bond donors (Lipinski definition) is 1. The van der Waals surface area contributed by atoms with E-state index in [0.717, 1.165) is 16.9 Å². The van der Waals surface area contributed by atoms with E-state index in [0.29, 0.717) is 23.2 Å². The lowest BCUT2D eigenvalue weighted by atomic mass is 10.1. The van der Waals surface area contributed by atoms with Crippen LogP contribution in [0.25, 0.3) is 0 Å². The molecule has 0 radical (unpaired) electrons. The second kappa shape index (κ2) is 9.95. The van der Waals surface area contributed by atoms with Crippen LogP contribution in [-0.2, 0) is 17.9 Å². The van der Waals surface area contributed by atoms with Crippen molar-refractivity contribution in [1.29, 1.82) is 0 Å². The van der Waals surface area contributed by atoms with Crippen LogP contribution in [-0.4, -0.2) is 26.4 Å². The summed E-state index contributed by atoms with van der Waals surface area (Å²) in [4.78, 5) is 12.2. The van der Waals surface area contributed by atoms with E-state index in [1.807, 2.05) is 37.5 Å². The van der Waals surface area contributed by atoms with Gasteiger partial charge in [-0.3, -0.25) is 4.79 Å². The quantitative estimate of drug-likeness (QED) is 0.490. The number of aromatic nitrogens is 3. The molecule has 1 aromatic heterocycles. The highest BCUT2D eigenvalue weighted by atomic mass is 35.5. The van der Waals surface area contributed by atoms with Crippen molar-refractivity contribution in [1.82, 2.24) is 14.8 Å². The molecule has 30 heavy (non-hydrogen) atoms. The van der Waals surface area contributed by atoms with Gasteiger partial charge in [-0.1, -0.05) is 29.4 Å². The van der Waals surface area contributed by atoms with Crippen LogP contribution in [0.1, 0.15) is 23.9 Å². The summed E-state index contributed by atoms with van der Waals surface area (Å²) in [7, 11) is 0. The summed E-state index contributed by atoms with van der Waals surface area (Å²) in [6.07, 6.45) is 0. The minimum atomic E-state index is -0.532. The van der Waals surface area contributed by atoms with Crippen molar-refractivity contribution in [3.05, 3.63) is 64.2 Å². The number of thioether (sulfide) groups is 1. The number of carbonyl (C=O) groups is 1. The molecule has 1 heterocycles. The summed E-state index contributed by atoms with van der Waals surface area (Å²) < 4.78 is 21.0. The SMILES string of the molecule is CCn1c(COc2cc(C)cc(C)c2)nnc1SCC(=O)Nc1ccc(F)c(Cl)c1. The Morgan fingerprint density at radius 3 is 2.60 bits per heavy atom. The second-order valence-electron chi connectivity index (χ2n) is 6.72. The minimum absolute atomic E-state index is 0.0420. The molecule has 6 nitrogen and oxygen atoms in total. The van der Waals surface area contributed by atoms with Gasteiger partial charge in [0, 0.05) is 12.2 Å². The Bertz CT molecular complexity index is 1040. The van der Waals surface area contributed by atoms with Crippen molar-refractivity contribution in [3.8, 4) is 5.75 Å². The molecule has 0 bridgehead atoms. The lowest BCUT2D eigenvalue weighted by Gasteiger charge is -2.10. The number of nitrogens with zero attached hydrogens (tertiary/aromatic N) is 3.